The maximum atomic E-state index is 10.9. The van der Waals surface area contributed by atoms with Crippen molar-refractivity contribution in [3.63, 3.8) is 0 Å². The number of carboxylic acid groups (broad SMARTS) is 1. The van der Waals surface area contributed by atoms with Crippen molar-refractivity contribution in [3.8, 4) is 0 Å². The van der Waals surface area contributed by atoms with Crippen LogP contribution in [-0.4, -0.2) is 27.9 Å². The highest BCUT2D eigenvalue weighted by molar-refractivity contribution is 5.91. The lowest BCUT2D eigenvalue weighted by Crippen LogP contribution is -2.04. The van der Waals surface area contributed by atoms with Gasteiger partial charge in [-0.25, -0.2) is 4.79 Å². The molecule has 0 aliphatic carbocycles. The molecule has 2 aromatic rings. The van der Waals surface area contributed by atoms with Crippen LogP contribution in [0, 0.1) is 0 Å². The number of nitrogens with zero attached hydrogens (tertiary/aromatic N) is 2. The van der Waals surface area contributed by atoms with Crippen molar-refractivity contribution >= 4 is 11.7 Å². The summed E-state index contributed by atoms with van der Waals surface area (Å²) in [5, 5.41) is 15.8. The van der Waals surface area contributed by atoms with Crippen LogP contribution in [-0.2, 0) is 6.54 Å². The van der Waals surface area contributed by atoms with Gasteiger partial charge in [-0.05, 0) is 5.56 Å². The second-order valence-electron chi connectivity index (χ2n) is 3.63. The summed E-state index contributed by atoms with van der Waals surface area (Å²) in [5.74, 6) is -1.03. The molecule has 0 aliphatic rings. The van der Waals surface area contributed by atoms with E-state index >= 15 is 0 Å². The number of aromatic nitrogens is 2. The molecular weight excluding hydrogens is 218 g/mol. The van der Waals surface area contributed by atoms with Crippen LogP contribution in [0.25, 0.3) is 0 Å². The van der Waals surface area contributed by atoms with Gasteiger partial charge in [0.2, 0.25) is 0 Å². The van der Waals surface area contributed by atoms with Gasteiger partial charge in [0.05, 0.1) is 12.2 Å². The van der Waals surface area contributed by atoms with Crippen molar-refractivity contribution in [1.29, 1.82) is 0 Å². The van der Waals surface area contributed by atoms with Crippen molar-refractivity contribution in [3.05, 3.63) is 47.8 Å². The molecular formula is C12H13N3O2. The van der Waals surface area contributed by atoms with E-state index in [1.807, 2.05) is 30.3 Å². The third kappa shape index (κ3) is 2.44. The molecule has 0 bridgehead atoms. The highest BCUT2D eigenvalue weighted by Gasteiger charge is 2.14. The Balaban J connectivity index is 2.26. The lowest BCUT2D eigenvalue weighted by Gasteiger charge is -2.00. The summed E-state index contributed by atoms with van der Waals surface area (Å²) in [7, 11) is 1.68. The second kappa shape index (κ2) is 4.69. The molecule has 1 heterocycles. The van der Waals surface area contributed by atoms with Crippen molar-refractivity contribution in [1.82, 2.24) is 9.78 Å². The van der Waals surface area contributed by atoms with Gasteiger partial charge in [0.25, 0.3) is 0 Å². The van der Waals surface area contributed by atoms with Crippen LogP contribution in [0.1, 0.15) is 16.1 Å². The number of hydrogen-bond acceptors (Lipinski definition) is 3. The van der Waals surface area contributed by atoms with Crippen molar-refractivity contribution < 1.29 is 9.90 Å². The standard InChI is InChI=1S/C12H13N3O2/c1-13-10-8-15(14-11(10)12(16)17)7-9-5-3-2-4-6-9/h2-6,8,13H,7H2,1H3,(H,16,17). The first kappa shape index (κ1) is 11.2. The Hall–Kier alpha value is -2.30. The summed E-state index contributed by atoms with van der Waals surface area (Å²) in [6.07, 6.45) is 1.69. The third-order valence-corrected chi connectivity index (χ3v) is 2.42. The number of nitrogens with one attached hydrogen (secondary N) is 1. The Morgan fingerprint density at radius 3 is 2.65 bits per heavy atom. The monoisotopic (exact) mass is 231 g/mol. The Labute approximate surface area is 98.7 Å². The second-order valence-corrected chi connectivity index (χ2v) is 3.63. The molecule has 17 heavy (non-hydrogen) atoms. The number of hydrogen-bond donors (Lipinski definition) is 2. The van der Waals surface area contributed by atoms with Crippen LogP contribution in [0.5, 0.6) is 0 Å². The van der Waals surface area contributed by atoms with E-state index < -0.39 is 5.97 Å². The van der Waals surface area contributed by atoms with E-state index in [9.17, 15) is 4.79 Å². The van der Waals surface area contributed by atoms with Crippen molar-refractivity contribution in [2.75, 3.05) is 12.4 Å². The Morgan fingerprint density at radius 1 is 1.41 bits per heavy atom. The third-order valence-electron chi connectivity index (χ3n) is 2.42. The van der Waals surface area contributed by atoms with E-state index in [0.29, 0.717) is 12.2 Å². The molecule has 0 radical (unpaired) electrons. The minimum absolute atomic E-state index is 0.0448. The molecule has 0 aliphatic heterocycles. The Kier molecular flexibility index (Phi) is 3.09. The molecule has 0 saturated heterocycles. The van der Waals surface area contributed by atoms with E-state index in [1.165, 1.54) is 0 Å². The van der Waals surface area contributed by atoms with Gasteiger partial charge in [0.1, 0.15) is 0 Å². The lowest BCUT2D eigenvalue weighted by atomic mass is 10.2. The molecule has 5 heteroatoms. The van der Waals surface area contributed by atoms with Crippen LogP contribution in [0.15, 0.2) is 36.5 Å². The maximum absolute atomic E-state index is 10.9. The van der Waals surface area contributed by atoms with E-state index in [1.54, 1.807) is 17.9 Å². The fraction of sp³-hybridized carbons (Fsp3) is 0.167. The Bertz CT molecular complexity index is 520. The molecule has 0 saturated carbocycles. The minimum atomic E-state index is -1.03. The van der Waals surface area contributed by atoms with Gasteiger partial charge in [0.15, 0.2) is 5.69 Å². The van der Waals surface area contributed by atoms with Crippen molar-refractivity contribution in [2.24, 2.45) is 0 Å². The summed E-state index contributed by atoms with van der Waals surface area (Å²) >= 11 is 0. The fourth-order valence-corrected chi connectivity index (χ4v) is 1.61. The van der Waals surface area contributed by atoms with Crippen LogP contribution < -0.4 is 5.32 Å². The lowest BCUT2D eigenvalue weighted by molar-refractivity contribution is 0.0690. The molecule has 0 spiro atoms. The first-order valence-electron chi connectivity index (χ1n) is 5.23. The molecule has 0 atom stereocenters. The summed E-state index contributed by atoms with van der Waals surface area (Å²) in [6, 6.07) is 9.77. The largest absolute Gasteiger partial charge is 0.476 e. The number of rotatable bonds is 4. The molecule has 1 aromatic carbocycles. The quantitative estimate of drug-likeness (QED) is 0.840. The zero-order valence-electron chi connectivity index (χ0n) is 9.42. The van der Waals surface area contributed by atoms with E-state index in [0.717, 1.165) is 5.56 Å². The predicted molar refractivity (Wildman–Crippen MR) is 64.3 cm³/mol. The zero-order chi connectivity index (χ0) is 12.3. The van der Waals surface area contributed by atoms with Crippen LogP contribution in [0.2, 0.25) is 0 Å². The van der Waals surface area contributed by atoms with Crippen LogP contribution >= 0.6 is 0 Å². The normalized spacial score (nSPS) is 10.2. The van der Waals surface area contributed by atoms with Gasteiger partial charge in [-0.15, -0.1) is 0 Å². The molecule has 2 rings (SSSR count). The molecule has 2 N–H and O–H groups in total. The van der Waals surface area contributed by atoms with Crippen LogP contribution in [0.4, 0.5) is 5.69 Å². The fourth-order valence-electron chi connectivity index (χ4n) is 1.61. The molecule has 0 amide bonds. The molecule has 0 fully saturated rings. The average molecular weight is 231 g/mol. The molecule has 5 nitrogen and oxygen atoms in total. The number of benzene rings is 1. The van der Waals surface area contributed by atoms with Gasteiger partial charge < -0.3 is 10.4 Å². The first-order chi connectivity index (χ1) is 8.20. The summed E-state index contributed by atoms with van der Waals surface area (Å²) in [5.41, 5.74) is 1.64. The van der Waals surface area contributed by atoms with E-state index in [4.69, 9.17) is 5.11 Å². The molecule has 0 unspecified atom stereocenters. The van der Waals surface area contributed by atoms with Crippen molar-refractivity contribution in [2.45, 2.75) is 6.54 Å². The van der Waals surface area contributed by atoms with E-state index in [2.05, 4.69) is 10.4 Å². The topological polar surface area (TPSA) is 67.2 Å². The highest BCUT2D eigenvalue weighted by atomic mass is 16.4. The van der Waals surface area contributed by atoms with Gasteiger partial charge in [-0.2, -0.15) is 5.10 Å². The van der Waals surface area contributed by atoms with Crippen LogP contribution in [0.3, 0.4) is 0 Å². The zero-order valence-corrected chi connectivity index (χ0v) is 9.42. The summed E-state index contributed by atoms with van der Waals surface area (Å²) < 4.78 is 1.62. The number of carbonyl (C=O) groups is 1. The molecule has 88 valence electrons. The van der Waals surface area contributed by atoms with Gasteiger partial charge in [-0.3, -0.25) is 4.68 Å². The number of anilines is 1. The molecule has 1 aromatic heterocycles. The average Bonchev–Trinajstić information content (AvgIpc) is 2.73. The van der Waals surface area contributed by atoms with Gasteiger partial charge >= 0.3 is 5.97 Å². The highest BCUT2D eigenvalue weighted by Crippen LogP contribution is 2.14. The smallest absolute Gasteiger partial charge is 0.358 e. The number of aromatic carboxylic acids is 1. The number of carboxylic acids is 1. The first-order valence-corrected chi connectivity index (χ1v) is 5.23. The maximum Gasteiger partial charge on any atom is 0.358 e. The Morgan fingerprint density at radius 2 is 2.12 bits per heavy atom. The van der Waals surface area contributed by atoms with E-state index in [-0.39, 0.29) is 5.69 Å². The SMILES string of the molecule is CNc1cn(Cc2ccccc2)nc1C(=O)O. The van der Waals surface area contributed by atoms with Gasteiger partial charge in [-0.1, -0.05) is 30.3 Å². The summed E-state index contributed by atoms with van der Waals surface area (Å²) in [4.78, 5) is 10.9. The van der Waals surface area contributed by atoms with Gasteiger partial charge in [0, 0.05) is 13.2 Å². The predicted octanol–water partition coefficient (Wildman–Crippen LogP) is 1.67. The minimum Gasteiger partial charge on any atom is -0.476 e. The summed E-state index contributed by atoms with van der Waals surface area (Å²) in [6.45, 7) is 0.558.